The van der Waals surface area contributed by atoms with Gasteiger partial charge in [-0.3, -0.25) is 4.79 Å². The van der Waals surface area contributed by atoms with Crippen LogP contribution < -0.4 is 9.47 Å². The highest BCUT2D eigenvalue weighted by atomic mass is 16.7. The van der Waals surface area contributed by atoms with Crippen molar-refractivity contribution in [1.82, 2.24) is 0 Å². The third-order valence-corrected chi connectivity index (χ3v) is 1.96. The van der Waals surface area contributed by atoms with Crippen molar-refractivity contribution in [1.29, 1.82) is 0 Å². The third-order valence-electron chi connectivity index (χ3n) is 1.96. The quantitative estimate of drug-likeness (QED) is 0.776. The Kier molecular flexibility index (Phi) is 2.04. The largest absolute Gasteiger partial charge is 0.481 e. The fourth-order valence-electron chi connectivity index (χ4n) is 1.34. The summed E-state index contributed by atoms with van der Waals surface area (Å²) < 4.78 is 10.6. The Hall–Kier alpha value is -1.71. The molecule has 4 heteroatoms. The van der Waals surface area contributed by atoms with E-state index in [0.717, 1.165) is 5.56 Å². The summed E-state index contributed by atoms with van der Waals surface area (Å²) in [6, 6.07) is 5.51. The van der Waals surface area contributed by atoms with Crippen LogP contribution in [-0.4, -0.2) is 17.4 Å². The van der Waals surface area contributed by atoms with Crippen LogP contribution in [0.3, 0.4) is 0 Å². The lowest BCUT2D eigenvalue weighted by Crippen LogP contribution is -2.21. The van der Waals surface area contributed by atoms with Gasteiger partial charge in [0, 0.05) is 0 Å². The highest BCUT2D eigenvalue weighted by Crippen LogP contribution is 2.35. The van der Waals surface area contributed by atoms with E-state index >= 15 is 0 Å². The van der Waals surface area contributed by atoms with E-state index in [1.165, 1.54) is 0 Å². The number of aliphatic carboxylic acids is 1. The fraction of sp³-hybridized carbons (Fsp3) is 0.300. The molecule has 1 aromatic carbocycles. The van der Waals surface area contributed by atoms with Gasteiger partial charge in [0.2, 0.25) is 0 Å². The highest BCUT2D eigenvalue weighted by molar-refractivity contribution is 5.67. The first kappa shape index (κ1) is 8.87. The van der Waals surface area contributed by atoms with E-state index in [1.807, 2.05) is 19.1 Å². The number of carboxylic acid groups (broad SMARTS) is 1. The average molecular weight is 194 g/mol. The molecule has 1 aliphatic rings. The molecule has 0 radical (unpaired) electrons. The first-order valence-corrected chi connectivity index (χ1v) is 4.31. The second-order valence-electron chi connectivity index (χ2n) is 3.21. The Labute approximate surface area is 81.1 Å². The molecule has 1 unspecified atom stereocenters. The summed E-state index contributed by atoms with van der Waals surface area (Å²) >= 11 is 0. The van der Waals surface area contributed by atoms with Crippen LogP contribution in [0.15, 0.2) is 18.2 Å². The molecule has 0 bridgehead atoms. The molecule has 0 fully saturated rings. The van der Waals surface area contributed by atoms with Gasteiger partial charge in [-0.2, -0.15) is 0 Å². The highest BCUT2D eigenvalue weighted by Gasteiger charge is 2.26. The van der Waals surface area contributed by atoms with Crippen molar-refractivity contribution >= 4 is 5.97 Å². The lowest BCUT2D eigenvalue weighted by Gasteiger charge is -2.05. The van der Waals surface area contributed by atoms with Crippen molar-refractivity contribution in [3.8, 4) is 11.5 Å². The number of rotatable bonds is 2. The number of hydrogen-bond acceptors (Lipinski definition) is 3. The van der Waals surface area contributed by atoms with Gasteiger partial charge in [-0.25, -0.2) is 0 Å². The first-order valence-electron chi connectivity index (χ1n) is 4.31. The van der Waals surface area contributed by atoms with Gasteiger partial charge < -0.3 is 14.6 Å². The van der Waals surface area contributed by atoms with E-state index in [-0.39, 0.29) is 6.42 Å². The van der Waals surface area contributed by atoms with Gasteiger partial charge in [0.15, 0.2) is 11.5 Å². The topological polar surface area (TPSA) is 55.8 Å². The van der Waals surface area contributed by atoms with Crippen molar-refractivity contribution in [2.45, 2.75) is 19.6 Å². The Morgan fingerprint density at radius 1 is 1.43 bits per heavy atom. The van der Waals surface area contributed by atoms with Crippen LogP contribution in [0.2, 0.25) is 0 Å². The summed E-state index contributed by atoms with van der Waals surface area (Å²) in [6.07, 6.45) is -0.836. The fourth-order valence-corrected chi connectivity index (χ4v) is 1.34. The number of carboxylic acids is 1. The zero-order valence-electron chi connectivity index (χ0n) is 7.69. The molecular weight excluding hydrogens is 184 g/mol. The molecule has 4 nitrogen and oxygen atoms in total. The van der Waals surface area contributed by atoms with Crippen molar-refractivity contribution in [3.05, 3.63) is 23.8 Å². The van der Waals surface area contributed by atoms with Gasteiger partial charge in [0.1, 0.15) is 6.42 Å². The third kappa shape index (κ3) is 1.64. The Balaban J connectivity index is 2.14. The molecule has 0 spiro atoms. The van der Waals surface area contributed by atoms with E-state index in [2.05, 4.69) is 0 Å². The minimum atomic E-state index is -0.931. The summed E-state index contributed by atoms with van der Waals surface area (Å²) in [7, 11) is 0. The zero-order chi connectivity index (χ0) is 10.1. The monoisotopic (exact) mass is 194 g/mol. The maximum atomic E-state index is 10.4. The lowest BCUT2D eigenvalue weighted by molar-refractivity contribution is -0.141. The van der Waals surface area contributed by atoms with Crippen LogP contribution in [0.25, 0.3) is 0 Å². The van der Waals surface area contributed by atoms with Gasteiger partial charge in [-0.15, -0.1) is 0 Å². The molecule has 1 N–H and O–H groups in total. The molecule has 0 saturated carbocycles. The molecular formula is C10H10O4. The van der Waals surface area contributed by atoms with Crippen LogP contribution in [0, 0.1) is 6.92 Å². The van der Waals surface area contributed by atoms with Gasteiger partial charge in [0.25, 0.3) is 6.29 Å². The molecule has 2 rings (SSSR count). The second-order valence-corrected chi connectivity index (χ2v) is 3.21. The molecule has 0 saturated heterocycles. The molecule has 74 valence electrons. The van der Waals surface area contributed by atoms with Crippen molar-refractivity contribution in [2.75, 3.05) is 0 Å². The molecule has 0 aliphatic carbocycles. The minimum absolute atomic E-state index is 0.145. The van der Waals surface area contributed by atoms with E-state index in [9.17, 15) is 4.79 Å². The molecule has 0 aromatic heterocycles. The number of ether oxygens (including phenoxy) is 2. The Morgan fingerprint density at radius 3 is 2.86 bits per heavy atom. The lowest BCUT2D eigenvalue weighted by atomic mass is 10.2. The van der Waals surface area contributed by atoms with Crippen LogP contribution >= 0.6 is 0 Å². The summed E-state index contributed by atoms with van der Waals surface area (Å²) in [4.78, 5) is 10.4. The average Bonchev–Trinajstić information content (AvgIpc) is 2.44. The van der Waals surface area contributed by atoms with E-state index < -0.39 is 12.3 Å². The normalized spacial score (nSPS) is 18.2. The SMILES string of the molecule is Cc1ccc2c(c1)OC(CC(=O)O)O2. The number of carbonyl (C=O) groups is 1. The molecule has 0 amide bonds. The predicted molar refractivity (Wildman–Crippen MR) is 48.5 cm³/mol. The number of fused-ring (bicyclic) bond motifs is 1. The van der Waals surface area contributed by atoms with Crippen LogP contribution in [0.1, 0.15) is 12.0 Å². The first-order chi connectivity index (χ1) is 6.65. The standard InChI is InChI=1S/C10H10O4/c1-6-2-3-7-8(4-6)14-10(13-7)5-9(11)12/h2-4,10H,5H2,1H3,(H,11,12). The number of aryl methyl sites for hydroxylation is 1. The predicted octanol–water partition coefficient (Wildman–Crippen LogP) is 1.57. The molecule has 1 aromatic rings. The van der Waals surface area contributed by atoms with Gasteiger partial charge in [0.05, 0.1) is 0 Å². The van der Waals surface area contributed by atoms with Gasteiger partial charge in [-0.1, -0.05) is 6.07 Å². The molecule has 1 atom stereocenters. The van der Waals surface area contributed by atoms with Crippen LogP contribution in [0.4, 0.5) is 0 Å². The summed E-state index contributed by atoms with van der Waals surface area (Å²) in [5.74, 6) is 0.303. The molecule has 1 heterocycles. The summed E-state index contributed by atoms with van der Waals surface area (Å²) in [6.45, 7) is 1.94. The van der Waals surface area contributed by atoms with Gasteiger partial charge in [-0.05, 0) is 24.6 Å². The molecule has 14 heavy (non-hydrogen) atoms. The maximum absolute atomic E-state index is 10.4. The minimum Gasteiger partial charge on any atom is -0.481 e. The van der Waals surface area contributed by atoms with E-state index in [4.69, 9.17) is 14.6 Å². The Bertz CT molecular complexity index is 372. The van der Waals surface area contributed by atoms with E-state index in [0.29, 0.717) is 11.5 Å². The summed E-state index contributed by atoms with van der Waals surface area (Å²) in [5.41, 5.74) is 1.06. The number of benzene rings is 1. The van der Waals surface area contributed by atoms with E-state index in [1.54, 1.807) is 6.07 Å². The maximum Gasteiger partial charge on any atom is 0.310 e. The smallest absolute Gasteiger partial charge is 0.310 e. The molecule has 1 aliphatic heterocycles. The summed E-state index contributed by atoms with van der Waals surface area (Å²) in [5, 5.41) is 8.55. The zero-order valence-corrected chi connectivity index (χ0v) is 7.69. The van der Waals surface area contributed by atoms with Gasteiger partial charge >= 0.3 is 5.97 Å². The van der Waals surface area contributed by atoms with Crippen LogP contribution in [0.5, 0.6) is 11.5 Å². The van der Waals surface area contributed by atoms with Crippen molar-refractivity contribution < 1.29 is 19.4 Å². The second kappa shape index (κ2) is 3.21. The van der Waals surface area contributed by atoms with Crippen molar-refractivity contribution in [3.63, 3.8) is 0 Å². The Morgan fingerprint density at radius 2 is 2.14 bits per heavy atom. The number of hydrogen-bond donors (Lipinski definition) is 1. The van der Waals surface area contributed by atoms with Crippen molar-refractivity contribution in [2.24, 2.45) is 0 Å². The van der Waals surface area contributed by atoms with Crippen LogP contribution in [-0.2, 0) is 4.79 Å².